The van der Waals surface area contributed by atoms with E-state index in [1.54, 1.807) is 0 Å². The predicted molar refractivity (Wildman–Crippen MR) is 60.9 cm³/mol. The Labute approximate surface area is 99.7 Å². The number of H-pyrrole nitrogens is 2. The maximum absolute atomic E-state index is 13.4. The topological polar surface area (TPSA) is 90.9 Å². The highest BCUT2D eigenvalue weighted by Gasteiger charge is 2.08. The normalized spacial score (nSPS) is 9.89. The molecule has 1 heterocycles. The van der Waals surface area contributed by atoms with Gasteiger partial charge in [-0.05, 0) is 18.2 Å². The van der Waals surface area contributed by atoms with Gasteiger partial charge in [-0.1, -0.05) is 11.8 Å². The van der Waals surface area contributed by atoms with Crippen LogP contribution in [-0.2, 0) is 0 Å². The number of hydrogen-bond acceptors (Lipinski definition) is 3. The van der Waals surface area contributed by atoms with Crippen molar-refractivity contribution >= 4 is 0 Å². The van der Waals surface area contributed by atoms with Gasteiger partial charge >= 0.3 is 11.4 Å². The second kappa shape index (κ2) is 4.73. The first kappa shape index (κ1) is 11.9. The Morgan fingerprint density at radius 2 is 1.94 bits per heavy atom. The molecule has 0 unspecified atom stereocenters. The molecule has 1 aromatic carbocycles. The third-order valence-corrected chi connectivity index (χ3v) is 2.19. The second-order valence-corrected chi connectivity index (χ2v) is 3.32. The maximum atomic E-state index is 13.4. The Morgan fingerprint density at radius 3 is 2.56 bits per heavy atom. The monoisotopic (exact) mass is 249 g/mol. The van der Waals surface area contributed by atoms with E-state index in [1.807, 2.05) is 0 Å². The lowest BCUT2D eigenvalue weighted by Crippen LogP contribution is -2.24. The largest absolute Gasteiger partial charge is 0.384 e. The molecule has 1 aromatic heterocycles. The predicted octanol–water partition coefficient (Wildman–Crippen LogP) is -0.663. The molecule has 0 amide bonds. The third kappa shape index (κ3) is 2.09. The van der Waals surface area contributed by atoms with Gasteiger partial charge in [0.25, 0.3) is 0 Å². The van der Waals surface area contributed by atoms with Crippen LogP contribution in [0.25, 0.3) is 5.69 Å². The molecule has 0 spiro atoms. The molecule has 2 aromatic rings. The lowest BCUT2D eigenvalue weighted by atomic mass is 10.2. The summed E-state index contributed by atoms with van der Waals surface area (Å²) >= 11 is 0. The first-order valence-corrected chi connectivity index (χ1v) is 4.93. The SMILES string of the molecule is O=c1[nH][nH]c(=O)n1-c1ccc(F)c(C#CCO)c1. The molecule has 0 aliphatic heterocycles. The molecule has 18 heavy (non-hydrogen) atoms. The minimum Gasteiger partial charge on any atom is -0.384 e. The number of rotatable bonds is 1. The Kier molecular flexibility index (Phi) is 3.12. The molecule has 6 nitrogen and oxygen atoms in total. The van der Waals surface area contributed by atoms with Crippen LogP contribution in [0.2, 0.25) is 0 Å². The van der Waals surface area contributed by atoms with Crippen LogP contribution in [0.15, 0.2) is 27.8 Å². The van der Waals surface area contributed by atoms with Crippen molar-refractivity contribution in [2.45, 2.75) is 0 Å². The number of aromatic nitrogens is 3. The zero-order chi connectivity index (χ0) is 13.1. The first-order chi connectivity index (χ1) is 8.63. The summed E-state index contributed by atoms with van der Waals surface area (Å²) in [6.07, 6.45) is 0. The molecule has 0 atom stereocenters. The van der Waals surface area contributed by atoms with Gasteiger partial charge in [0.1, 0.15) is 12.4 Å². The van der Waals surface area contributed by atoms with Gasteiger partial charge in [0.05, 0.1) is 11.3 Å². The van der Waals surface area contributed by atoms with Gasteiger partial charge in [-0.2, -0.15) is 0 Å². The molecule has 0 saturated carbocycles. The van der Waals surface area contributed by atoms with E-state index >= 15 is 0 Å². The highest BCUT2D eigenvalue weighted by Crippen LogP contribution is 2.10. The number of nitrogens with one attached hydrogen (secondary N) is 2. The van der Waals surface area contributed by atoms with Crippen molar-refractivity contribution in [2.75, 3.05) is 6.61 Å². The van der Waals surface area contributed by atoms with Crippen LogP contribution in [0.1, 0.15) is 5.56 Å². The number of nitrogens with zero attached hydrogens (tertiary/aromatic N) is 1. The zero-order valence-electron chi connectivity index (χ0n) is 9.03. The molecule has 92 valence electrons. The minimum absolute atomic E-state index is 0.00551. The summed E-state index contributed by atoms with van der Waals surface area (Å²) in [6.45, 7) is -0.408. The van der Waals surface area contributed by atoms with Crippen molar-refractivity contribution in [2.24, 2.45) is 0 Å². The Morgan fingerprint density at radius 1 is 1.28 bits per heavy atom. The summed E-state index contributed by atoms with van der Waals surface area (Å²) in [4.78, 5) is 22.7. The molecular formula is C11H8FN3O3. The highest BCUT2D eigenvalue weighted by molar-refractivity contribution is 5.44. The lowest BCUT2D eigenvalue weighted by Gasteiger charge is -2.01. The average Bonchev–Trinajstić information content (AvgIpc) is 2.68. The van der Waals surface area contributed by atoms with Crippen molar-refractivity contribution in [3.63, 3.8) is 0 Å². The van der Waals surface area contributed by atoms with Gasteiger partial charge in [-0.15, -0.1) is 0 Å². The molecule has 2 rings (SSSR count). The standard InChI is InChI=1S/C11H8FN3O3/c12-9-4-3-8(6-7(9)2-1-5-16)15-10(17)13-14-11(15)18/h3-4,6,16H,5H2,(H,13,17)(H,14,18). The van der Waals surface area contributed by atoms with Gasteiger partial charge in [0.2, 0.25) is 0 Å². The summed E-state index contributed by atoms with van der Waals surface area (Å²) in [5.41, 5.74) is -1.14. The molecule has 0 radical (unpaired) electrons. The van der Waals surface area contributed by atoms with Gasteiger partial charge in [0, 0.05) is 0 Å². The van der Waals surface area contributed by atoms with Crippen LogP contribution in [0.3, 0.4) is 0 Å². The fourth-order valence-electron chi connectivity index (χ4n) is 1.43. The highest BCUT2D eigenvalue weighted by atomic mass is 19.1. The molecular weight excluding hydrogens is 241 g/mol. The van der Waals surface area contributed by atoms with E-state index in [1.165, 1.54) is 12.1 Å². The van der Waals surface area contributed by atoms with Crippen LogP contribution in [0.4, 0.5) is 4.39 Å². The van der Waals surface area contributed by atoms with Crippen molar-refractivity contribution in [1.29, 1.82) is 0 Å². The van der Waals surface area contributed by atoms with Crippen molar-refractivity contribution in [3.05, 3.63) is 50.5 Å². The number of hydrogen-bond donors (Lipinski definition) is 3. The van der Waals surface area contributed by atoms with Crippen LogP contribution in [0.5, 0.6) is 0 Å². The van der Waals surface area contributed by atoms with E-state index in [0.29, 0.717) is 0 Å². The summed E-state index contributed by atoms with van der Waals surface area (Å²) < 4.78 is 14.2. The van der Waals surface area contributed by atoms with Crippen molar-refractivity contribution < 1.29 is 9.50 Å². The van der Waals surface area contributed by atoms with Crippen LogP contribution in [-0.4, -0.2) is 26.5 Å². The van der Waals surface area contributed by atoms with Crippen molar-refractivity contribution in [3.8, 4) is 17.5 Å². The Balaban J connectivity index is 2.61. The molecule has 7 heteroatoms. The molecule has 0 saturated heterocycles. The second-order valence-electron chi connectivity index (χ2n) is 3.32. The maximum Gasteiger partial charge on any atom is 0.348 e. The smallest absolute Gasteiger partial charge is 0.348 e. The molecule has 0 aliphatic carbocycles. The summed E-state index contributed by atoms with van der Waals surface area (Å²) in [7, 11) is 0. The van der Waals surface area contributed by atoms with Gasteiger partial charge < -0.3 is 5.11 Å². The number of aromatic amines is 2. The lowest BCUT2D eigenvalue weighted by molar-refractivity contribution is 0.350. The van der Waals surface area contributed by atoms with E-state index in [9.17, 15) is 14.0 Å². The summed E-state index contributed by atoms with van der Waals surface area (Å²) in [5, 5.41) is 12.8. The Bertz CT molecular complexity index is 718. The molecule has 0 aliphatic rings. The first-order valence-electron chi connectivity index (χ1n) is 4.93. The molecule has 0 bridgehead atoms. The van der Waals surface area contributed by atoms with E-state index in [2.05, 4.69) is 22.0 Å². The van der Waals surface area contributed by atoms with E-state index in [-0.39, 0.29) is 11.3 Å². The van der Waals surface area contributed by atoms with Crippen LogP contribution >= 0.6 is 0 Å². The molecule has 3 N–H and O–H groups in total. The Hall–Kier alpha value is -2.59. The van der Waals surface area contributed by atoms with Gasteiger partial charge in [-0.25, -0.2) is 28.7 Å². The van der Waals surface area contributed by atoms with Crippen LogP contribution in [0, 0.1) is 17.7 Å². The number of halogens is 1. The van der Waals surface area contributed by atoms with E-state index in [0.717, 1.165) is 10.6 Å². The fraction of sp³-hybridized carbons (Fsp3) is 0.0909. The third-order valence-electron chi connectivity index (χ3n) is 2.19. The summed E-state index contributed by atoms with van der Waals surface area (Å²) in [5.74, 6) is 4.09. The minimum atomic E-state index is -0.660. The van der Waals surface area contributed by atoms with E-state index in [4.69, 9.17) is 5.11 Å². The van der Waals surface area contributed by atoms with Gasteiger partial charge in [-0.3, -0.25) is 0 Å². The quantitative estimate of drug-likeness (QED) is 0.586. The summed E-state index contributed by atoms with van der Waals surface area (Å²) in [6, 6.07) is 3.63. The van der Waals surface area contributed by atoms with Crippen molar-refractivity contribution in [1.82, 2.24) is 14.8 Å². The number of aliphatic hydroxyl groups is 1. The van der Waals surface area contributed by atoms with E-state index < -0.39 is 23.8 Å². The average molecular weight is 249 g/mol. The fourth-order valence-corrected chi connectivity index (χ4v) is 1.43. The number of aliphatic hydroxyl groups excluding tert-OH is 1. The van der Waals surface area contributed by atoms with Gasteiger partial charge in [0.15, 0.2) is 0 Å². The van der Waals surface area contributed by atoms with Crippen LogP contribution < -0.4 is 11.4 Å². The molecule has 0 fully saturated rings. The number of benzene rings is 1. The zero-order valence-corrected chi connectivity index (χ0v) is 9.03.